The zero-order valence-corrected chi connectivity index (χ0v) is 11.8. The first-order chi connectivity index (χ1) is 9.21. The van der Waals surface area contributed by atoms with Crippen LogP contribution in [0.25, 0.3) is 0 Å². The fourth-order valence-corrected chi connectivity index (χ4v) is 2.74. The van der Waals surface area contributed by atoms with Crippen LogP contribution in [-0.2, 0) is 6.42 Å². The molecule has 0 saturated heterocycles. The van der Waals surface area contributed by atoms with Gasteiger partial charge in [-0.2, -0.15) is 5.26 Å². The Bertz CT molecular complexity index is 449. The summed E-state index contributed by atoms with van der Waals surface area (Å²) in [6, 6.07) is 10.7. The molecule has 0 spiro atoms. The molecule has 0 amide bonds. The van der Waals surface area contributed by atoms with Crippen molar-refractivity contribution in [3.05, 3.63) is 29.8 Å². The predicted molar refractivity (Wildman–Crippen MR) is 76.1 cm³/mol. The number of nitrogens with zero attached hydrogens (tertiary/aromatic N) is 1. The van der Waals surface area contributed by atoms with E-state index in [1.807, 2.05) is 19.1 Å². The van der Waals surface area contributed by atoms with Crippen molar-refractivity contribution in [1.29, 1.82) is 5.26 Å². The fourth-order valence-electron chi connectivity index (χ4n) is 2.74. The molecule has 19 heavy (non-hydrogen) atoms. The van der Waals surface area contributed by atoms with Gasteiger partial charge in [0.2, 0.25) is 0 Å². The molecule has 1 N–H and O–H groups in total. The van der Waals surface area contributed by atoms with Gasteiger partial charge in [-0.1, -0.05) is 26.0 Å². The van der Waals surface area contributed by atoms with Crippen molar-refractivity contribution in [3.8, 4) is 11.8 Å². The molecule has 1 fully saturated rings. The van der Waals surface area contributed by atoms with Crippen molar-refractivity contribution in [2.75, 3.05) is 6.54 Å². The summed E-state index contributed by atoms with van der Waals surface area (Å²) in [6.07, 6.45) is 3.77. The van der Waals surface area contributed by atoms with Crippen LogP contribution in [0.4, 0.5) is 0 Å². The predicted octanol–water partition coefficient (Wildman–Crippen LogP) is 3.05. The van der Waals surface area contributed by atoms with Crippen LogP contribution >= 0.6 is 0 Å². The van der Waals surface area contributed by atoms with E-state index in [4.69, 9.17) is 4.74 Å². The van der Waals surface area contributed by atoms with Gasteiger partial charge in [-0.05, 0) is 43.5 Å². The van der Waals surface area contributed by atoms with E-state index in [1.54, 1.807) is 0 Å². The van der Waals surface area contributed by atoms with Gasteiger partial charge in [-0.25, -0.2) is 0 Å². The van der Waals surface area contributed by atoms with E-state index < -0.39 is 0 Å². The van der Waals surface area contributed by atoms with Crippen LogP contribution in [0.1, 0.15) is 38.7 Å². The summed E-state index contributed by atoms with van der Waals surface area (Å²) in [5, 5.41) is 12.6. The van der Waals surface area contributed by atoms with E-state index in [0.29, 0.717) is 0 Å². The summed E-state index contributed by atoms with van der Waals surface area (Å²) in [5.74, 6) is 0.910. The number of nitrogens with one attached hydrogen (secondary N) is 1. The third-order valence-electron chi connectivity index (χ3n) is 3.83. The molecule has 3 heteroatoms. The highest BCUT2D eigenvalue weighted by molar-refractivity contribution is 5.27. The van der Waals surface area contributed by atoms with Crippen molar-refractivity contribution >= 4 is 0 Å². The average Bonchev–Trinajstić information content (AvgIpc) is 2.84. The minimum absolute atomic E-state index is 0.145. The molecule has 0 heterocycles. The van der Waals surface area contributed by atoms with Gasteiger partial charge in [-0.3, -0.25) is 5.32 Å². The Morgan fingerprint density at radius 2 is 2.11 bits per heavy atom. The largest absolute Gasteiger partial charge is 0.490 e. The summed E-state index contributed by atoms with van der Waals surface area (Å²) in [6.45, 7) is 5.01. The van der Waals surface area contributed by atoms with E-state index >= 15 is 0 Å². The third-order valence-corrected chi connectivity index (χ3v) is 3.83. The van der Waals surface area contributed by atoms with Gasteiger partial charge >= 0.3 is 0 Å². The van der Waals surface area contributed by atoms with Crippen molar-refractivity contribution in [2.45, 2.75) is 51.2 Å². The maximum atomic E-state index is 9.33. The second-order valence-corrected chi connectivity index (χ2v) is 5.20. The molecule has 1 saturated carbocycles. The van der Waals surface area contributed by atoms with E-state index in [9.17, 15) is 5.26 Å². The summed E-state index contributed by atoms with van der Waals surface area (Å²) >= 11 is 0. The van der Waals surface area contributed by atoms with E-state index in [1.165, 1.54) is 5.56 Å². The highest BCUT2D eigenvalue weighted by Crippen LogP contribution is 2.32. The lowest BCUT2D eigenvalue weighted by molar-refractivity contribution is 0.201. The zero-order valence-electron chi connectivity index (χ0n) is 11.8. The third kappa shape index (κ3) is 3.27. The van der Waals surface area contributed by atoms with Crippen LogP contribution in [0.15, 0.2) is 24.3 Å². The Labute approximate surface area is 115 Å². The molecule has 2 atom stereocenters. The van der Waals surface area contributed by atoms with Crippen LogP contribution < -0.4 is 10.1 Å². The van der Waals surface area contributed by atoms with Gasteiger partial charge in [0.15, 0.2) is 0 Å². The molecule has 1 aromatic rings. The van der Waals surface area contributed by atoms with Crippen LogP contribution in [0.2, 0.25) is 0 Å². The number of ether oxygens (including phenoxy) is 1. The Morgan fingerprint density at radius 1 is 1.37 bits per heavy atom. The first-order valence-electron chi connectivity index (χ1n) is 7.13. The molecular weight excluding hydrogens is 236 g/mol. The van der Waals surface area contributed by atoms with Crippen molar-refractivity contribution in [3.63, 3.8) is 0 Å². The quantitative estimate of drug-likeness (QED) is 0.883. The van der Waals surface area contributed by atoms with Crippen molar-refractivity contribution in [1.82, 2.24) is 5.32 Å². The Kier molecular flexibility index (Phi) is 4.44. The minimum Gasteiger partial charge on any atom is -0.490 e. The van der Waals surface area contributed by atoms with Crippen LogP contribution in [0, 0.1) is 11.3 Å². The molecule has 1 aliphatic rings. The molecule has 2 rings (SSSR count). The highest BCUT2D eigenvalue weighted by Gasteiger charge is 2.39. The Hall–Kier alpha value is -1.53. The Morgan fingerprint density at radius 3 is 2.68 bits per heavy atom. The lowest BCUT2D eigenvalue weighted by atomic mass is 10.00. The monoisotopic (exact) mass is 258 g/mol. The van der Waals surface area contributed by atoms with Gasteiger partial charge in [0.05, 0.1) is 6.07 Å². The molecule has 0 aromatic heterocycles. The smallest absolute Gasteiger partial charge is 0.119 e. The minimum atomic E-state index is -0.386. The lowest BCUT2D eigenvalue weighted by Crippen LogP contribution is -2.42. The summed E-state index contributed by atoms with van der Waals surface area (Å²) < 4.78 is 5.99. The van der Waals surface area contributed by atoms with Crippen LogP contribution in [-0.4, -0.2) is 18.2 Å². The summed E-state index contributed by atoms with van der Waals surface area (Å²) in [7, 11) is 0. The average molecular weight is 258 g/mol. The normalized spacial score (nSPS) is 26.1. The number of hydrogen-bond acceptors (Lipinski definition) is 3. The summed E-state index contributed by atoms with van der Waals surface area (Å²) in [5.41, 5.74) is 0.931. The number of hydrogen-bond donors (Lipinski definition) is 1. The first-order valence-corrected chi connectivity index (χ1v) is 7.13. The fraction of sp³-hybridized carbons (Fsp3) is 0.562. The van der Waals surface area contributed by atoms with E-state index in [2.05, 4.69) is 30.4 Å². The summed E-state index contributed by atoms with van der Waals surface area (Å²) in [4.78, 5) is 0. The van der Waals surface area contributed by atoms with Gasteiger partial charge in [-0.15, -0.1) is 0 Å². The number of aryl methyl sites for hydroxylation is 1. The molecule has 0 radical (unpaired) electrons. The van der Waals surface area contributed by atoms with Crippen molar-refractivity contribution < 1.29 is 4.74 Å². The number of nitriles is 1. The molecule has 2 unspecified atom stereocenters. The maximum Gasteiger partial charge on any atom is 0.119 e. The van der Waals surface area contributed by atoms with Gasteiger partial charge in [0, 0.05) is 6.42 Å². The van der Waals surface area contributed by atoms with Gasteiger partial charge in [0.1, 0.15) is 17.4 Å². The molecule has 102 valence electrons. The van der Waals surface area contributed by atoms with Crippen molar-refractivity contribution in [2.24, 2.45) is 0 Å². The molecule has 0 aliphatic heterocycles. The van der Waals surface area contributed by atoms with Gasteiger partial charge in [0.25, 0.3) is 0 Å². The molecule has 1 aliphatic carbocycles. The second kappa shape index (κ2) is 6.08. The maximum absolute atomic E-state index is 9.33. The van der Waals surface area contributed by atoms with Gasteiger partial charge < -0.3 is 4.74 Å². The lowest BCUT2D eigenvalue weighted by Gasteiger charge is -2.22. The van der Waals surface area contributed by atoms with E-state index in [0.717, 1.165) is 38.0 Å². The SMILES string of the molecule is CCNC1(C#N)CCC(Oc2ccc(CC)cc2)C1. The van der Waals surface area contributed by atoms with Crippen LogP contribution in [0.5, 0.6) is 5.75 Å². The topological polar surface area (TPSA) is 45.0 Å². The standard InChI is InChI=1S/C16H22N2O/c1-3-13-5-7-14(8-6-13)19-15-9-10-16(11-15,12-17)18-4-2/h5-8,15,18H,3-4,9-11H2,1-2H3. The first kappa shape index (κ1) is 13.9. The second-order valence-electron chi connectivity index (χ2n) is 5.20. The van der Waals surface area contributed by atoms with Crippen LogP contribution in [0.3, 0.4) is 0 Å². The molecule has 0 bridgehead atoms. The number of rotatable bonds is 5. The molecular formula is C16H22N2O. The Balaban J connectivity index is 1.96. The zero-order chi connectivity index (χ0) is 13.7. The van der Waals surface area contributed by atoms with E-state index in [-0.39, 0.29) is 11.6 Å². The highest BCUT2D eigenvalue weighted by atomic mass is 16.5. The molecule has 1 aromatic carbocycles. The number of benzene rings is 1. The molecule has 3 nitrogen and oxygen atoms in total.